The maximum absolute atomic E-state index is 10.3. The van der Waals surface area contributed by atoms with Gasteiger partial charge in [0.15, 0.2) is 0 Å². The van der Waals surface area contributed by atoms with E-state index in [0.717, 1.165) is 23.4 Å². The number of hydrogen-bond donors (Lipinski definition) is 3. The first kappa shape index (κ1) is 10.3. The molecule has 0 saturated heterocycles. The molecule has 0 spiro atoms. The molecule has 1 aromatic rings. The van der Waals surface area contributed by atoms with E-state index < -0.39 is 6.09 Å². The second kappa shape index (κ2) is 4.09. The lowest BCUT2D eigenvalue weighted by atomic mass is 10.1. The molecular formula is C8H11BrN4O2. The monoisotopic (exact) mass is 274 g/mol. The van der Waals surface area contributed by atoms with Crippen LogP contribution in [0.3, 0.4) is 0 Å². The van der Waals surface area contributed by atoms with Crippen LogP contribution in [0.2, 0.25) is 0 Å². The molecule has 1 atom stereocenters. The fourth-order valence-electron chi connectivity index (χ4n) is 1.60. The summed E-state index contributed by atoms with van der Waals surface area (Å²) in [6, 6.07) is 0. The molecule has 7 heteroatoms. The van der Waals surface area contributed by atoms with E-state index in [1.807, 2.05) is 4.68 Å². The third-order valence-corrected chi connectivity index (χ3v) is 2.91. The Labute approximate surface area is 94.8 Å². The topological polar surface area (TPSA) is 79.2 Å². The van der Waals surface area contributed by atoms with Crippen LogP contribution in [0.15, 0.2) is 10.7 Å². The first-order chi connectivity index (χ1) is 7.16. The predicted molar refractivity (Wildman–Crippen MR) is 57.9 cm³/mol. The minimum atomic E-state index is -0.984. The van der Waals surface area contributed by atoms with Crippen molar-refractivity contribution in [3.63, 3.8) is 0 Å². The minimum absolute atomic E-state index is 0.236. The van der Waals surface area contributed by atoms with E-state index >= 15 is 0 Å². The Kier molecular flexibility index (Phi) is 2.81. The number of anilines is 1. The molecule has 0 radical (unpaired) electrons. The third-order valence-electron chi connectivity index (χ3n) is 2.33. The van der Waals surface area contributed by atoms with E-state index in [-0.39, 0.29) is 5.92 Å². The zero-order chi connectivity index (χ0) is 10.8. The molecule has 0 fully saturated rings. The number of rotatable bonds is 2. The standard InChI is InChI=1S/C8H11BrN4O2/c9-6-3-12-13-4-5(1-10-7(6)13)2-11-8(14)15/h3,5,10-11H,1-2,4H2,(H,14,15). The molecule has 15 heavy (non-hydrogen) atoms. The van der Waals surface area contributed by atoms with Crippen LogP contribution in [0.4, 0.5) is 10.6 Å². The normalized spacial score (nSPS) is 19.1. The van der Waals surface area contributed by atoms with Gasteiger partial charge in [-0.3, -0.25) is 0 Å². The number of halogens is 1. The molecule has 2 heterocycles. The van der Waals surface area contributed by atoms with Crippen LogP contribution in [0.5, 0.6) is 0 Å². The van der Waals surface area contributed by atoms with Crippen molar-refractivity contribution >= 4 is 27.8 Å². The number of nitrogens with one attached hydrogen (secondary N) is 2. The summed E-state index contributed by atoms with van der Waals surface area (Å²) >= 11 is 3.38. The summed E-state index contributed by atoms with van der Waals surface area (Å²) in [7, 11) is 0. The van der Waals surface area contributed by atoms with Crippen molar-refractivity contribution in [2.75, 3.05) is 18.4 Å². The second-order valence-electron chi connectivity index (χ2n) is 3.46. The smallest absolute Gasteiger partial charge is 0.404 e. The molecule has 1 aliphatic heterocycles. The number of carboxylic acid groups (broad SMARTS) is 1. The van der Waals surface area contributed by atoms with Crippen LogP contribution in [-0.4, -0.2) is 34.1 Å². The maximum Gasteiger partial charge on any atom is 0.404 e. The van der Waals surface area contributed by atoms with Gasteiger partial charge in [0.2, 0.25) is 0 Å². The van der Waals surface area contributed by atoms with Gasteiger partial charge in [-0.1, -0.05) is 0 Å². The number of hydrogen-bond acceptors (Lipinski definition) is 3. The van der Waals surface area contributed by atoms with E-state index in [1.165, 1.54) is 0 Å². The zero-order valence-electron chi connectivity index (χ0n) is 7.90. The first-order valence-electron chi connectivity index (χ1n) is 4.59. The Morgan fingerprint density at radius 1 is 1.87 bits per heavy atom. The van der Waals surface area contributed by atoms with E-state index in [4.69, 9.17) is 5.11 Å². The van der Waals surface area contributed by atoms with Gasteiger partial charge >= 0.3 is 6.09 Å². The highest BCUT2D eigenvalue weighted by Gasteiger charge is 2.20. The number of amides is 1. The van der Waals surface area contributed by atoms with Gasteiger partial charge in [0, 0.05) is 25.6 Å². The predicted octanol–water partition coefficient (Wildman–Crippen LogP) is 0.955. The number of nitrogens with zero attached hydrogens (tertiary/aromatic N) is 2. The van der Waals surface area contributed by atoms with Crippen molar-refractivity contribution in [3.05, 3.63) is 10.7 Å². The Bertz CT molecular complexity index is 379. The van der Waals surface area contributed by atoms with Gasteiger partial charge in [-0.15, -0.1) is 0 Å². The Morgan fingerprint density at radius 3 is 3.40 bits per heavy atom. The lowest BCUT2D eigenvalue weighted by Crippen LogP contribution is -2.37. The van der Waals surface area contributed by atoms with Crippen LogP contribution in [0.1, 0.15) is 0 Å². The summed E-state index contributed by atoms with van der Waals surface area (Å²) in [5.74, 6) is 1.20. The van der Waals surface area contributed by atoms with E-state index in [2.05, 4.69) is 31.7 Å². The summed E-state index contributed by atoms with van der Waals surface area (Å²) in [5.41, 5.74) is 0. The Hall–Kier alpha value is -1.24. The van der Waals surface area contributed by atoms with Crippen LogP contribution in [-0.2, 0) is 6.54 Å². The maximum atomic E-state index is 10.3. The molecule has 3 N–H and O–H groups in total. The molecule has 82 valence electrons. The summed E-state index contributed by atoms with van der Waals surface area (Å²) in [5, 5.41) is 18.2. The molecule has 1 aromatic heterocycles. The molecule has 0 aliphatic carbocycles. The lowest BCUT2D eigenvalue weighted by molar-refractivity contribution is 0.191. The van der Waals surface area contributed by atoms with Crippen LogP contribution < -0.4 is 10.6 Å². The van der Waals surface area contributed by atoms with Crippen molar-refractivity contribution in [1.29, 1.82) is 0 Å². The van der Waals surface area contributed by atoms with Crippen LogP contribution in [0, 0.1) is 5.92 Å². The van der Waals surface area contributed by atoms with Gasteiger partial charge in [-0.25, -0.2) is 9.48 Å². The largest absolute Gasteiger partial charge is 0.465 e. The average molecular weight is 275 g/mol. The SMILES string of the molecule is O=C(O)NCC1CNc2c(Br)cnn2C1. The minimum Gasteiger partial charge on any atom is -0.465 e. The first-order valence-corrected chi connectivity index (χ1v) is 5.38. The highest BCUT2D eigenvalue weighted by atomic mass is 79.9. The Morgan fingerprint density at radius 2 is 2.67 bits per heavy atom. The zero-order valence-corrected chi connectivity index (χ0v) is 9.49. The number of fused-ring (bicyclic) bond motifs is 1. The molecule has 0 aromatic carbocycles. The quantitative estimate of drug-likeness (QED) is 0.751. The third kappa shape index (κ3) is 2.23. The van der Waals surface area contributed by atoms with Gasteiger partial charge in [-0.2, -0.15) is 5.10 Å². The van der Waals surface area contributed by atoms with Crippen molar-refractivity contribution in [2.24, 2.45) is 5.92 Å². The van der Waals surface area contributed by atoms with E-state index in [0.29, 0.717) is 6.54 Å². The summed E-state index contributed by atoms with van der Waals surface area (Å²) in [6.45, 7) is 1.93. The lowest BCUT2D eigenvalue weighted by Gasteiger charge is -2.24. The molecule has 6 nitrogen and oxygen atoms in total. The molecule has 0 saturated carbocycles. The van der Waals surface area contributed by atoms with E-state index in [9.17, 15) is 4.79 Å². The molecule has 1 aliphatic rings. The molecular weight excluding hydrogens is 264 g/mol. The number of aromatic nitrogens is 2. The molecule has 1 amide bonds. The number of carbonyl (C=O) groups is 1. The van der Waals surface area contributed by atoms with Crippen molar-refractivity contribution < 1.29 is 9.90 Å². The molecule has 2 rings (SSSR count). The molecule has 1 unspecified atom stereocenters. The fraction of sp³-hybridized carbons (Fsp3) is 0.500. The van der Waals surface area contributed by atoms with Crippen LogP contribution in [0.25, 0.3) is 0 Å². The van der Waals surface area contributed by atoms with Crippen molar-refractivity contribution in [1.82, 2.24) is 15.1 Å². The van der Waals surface area contributed by atoms with Gasteiger partial charge in [0.1, 0.15) is 5.82 Å². The van der Waals surface area contributed by atoms with Crippen LogP contribution >= 0.6 is 15.9 Å². The summed E-state index contributed by atoms with van der Waals surface area (Å²) < 4.78 is 2.77. The molecule has 0 bridgehead atoms. The highest BCUT2D eigenvalue weighted by Crippen LogP contribution is 2.25. The van der Waals surface area contributed by atoms with Crippen molar-refractivity contribution in [3.8, 4) is 0 Å². The average Bonchev–Trinajstić information content (AvgIpc) is 2.57. The van der Waals surface area contributed by atoms with Gasteiger partial charge < -0.3 is 15.7 Å². The summed E-state index contributed by atoms with van der Waals surface area (Å²) in [4.78, 5) is 10.3. The van der Waals surface area contributed by atoms with Crippen molar-refractivity contribution in [2.45, 2.75) is 6.54 Å². The Balaban J connectivity index is 1.97. The summed E-state index contributed by atoms with van der Waals surface area (Å²) in [6.07, 6.45) is 0.748. The fourth-order valence-corrected chi connectivity index (χ4v) is 2.03. The van der Waals surface area contributed by atoms with Gasteiger partial charge in [0.05, 0.1) is 10.7 Å². The van der Waals surface area contributed by atoms with E-state index in [1.54, 1.807) is 6.20 Å². The second-order valence-corrected chi connectivity index (χ2v) is 4.31. The highest BCUT2D eigenvalue weighted by molar-refractivity contribution is 9.10. The van der Waals surface area contributed by atoms with Gasteiger partial charge in [-0.05, 0) is 15.9 Å². The van der Waals surface area contributed by atoms with Gasteiger partial charge in [0.25, 0.3) is 0 Å².